The van der Waals surface area contributed by atoms with Crippen molar-refractivity contribution in [3.05, 3.63) is 24.5 Å². The SMILES string of the molecule is COc1nccc(N)n1.COc1nccc(N)n1. The third-order valence-electron chi connectivity index (χ3n) is 1.68. The average Bonchev–Trinajstić information content (AvgIpc) is 2.39. The smallest absolute Gasteiger partial charge is 0.318 e. The van der Waals surface area contributed by atoms with Gasteiger partial charge in [0.15, 0.2) is 0 Å². The van der Waals surface area contributed by atoms with E-state index in [1.807, 2.05) is 0 Å². The Bertz CT molecular complexity index is 448. The standard InChI is InChI=1S/2C5H7N3O/c2*1-9-5-7-3-2-4(6)8-5/h2*2-3H,1H3,(H2,6,7,8). The molecule has 18 heavy (non-hydrogen) atoms. The van der Waals surface area contributed by atoms with Crippen LogP contribution in [0, 0.1) is 0 Å². The summed E-state index contributed by atoms with van der Waals surface area (Å²) in [4.78, 5) is 15.0. The maximum absolute atomic E-state index is 5.30. The maximum Gasteiger partial charge on any atom is 0.318 e. The van der Waals surface area contributed by atoms with Gasteiger partial charge in [-0.05, 0) is 12.1 Å². The molecule has 0 aliphatic heterocycles. The second-order valence-electron chi connectivity index (χ2n) is 2.94. The van der Waals surface area contributed by atoms with Gasteiger partial charge in [-0.25, -0.2) is 9.97 Å². The van der Waals surface area contributed by atoms with Crippen LogP contribution < -0.4 is 20.9 Å². The molecule has 0 atom stereocenters. The lowest BCUT2D eigenvalue weighted by atomic mass is 10.6. The molecule has 0 spiro atoms. The number of anilines is 2. The molecule has 96 valence electrons. The Morgan fingerprint density at radius 3 is 1.44 bits per heavy atom. The fourth-order valence-corrected chi connectivity index (χ4v) is 0.905. The number of aromatic nitrogens is 4. The van der Waals surface area contributed by atoms with Crippen LogP contribution in [0.15, 0.2) is 24.5 Å². The van der Waals surface area contributed by atoms with Gasteiger partial charge in [0, 0.05) is 12.4 Å². The zero-order valence-corrected chi connectivity index (χ0v) is 10.1. The second-order valence-corrected chi connectivity index (χ2v) is 2.94. The predicted octanol–water partition coefficient (Wildman–Crippen LogP) is 0.135. The molecule has 0 aliphatic carbocycles. The van der Waals surface area contributed by atoms with Gasteiger partial charge >= 0.3 is 12.0 Å². The molecule has 0 saturated heterocycles. The van der Waals surface area contributed by atoms with E-state index < -0.39 is 0 Å². The monoisotopic (exact) mass is 250 g/mol. The van der Waals surface area contributed by atoms with E-state index in [0.717, 1.165) is 0 Å². The minimum Gasteiger partial charge on any atom is -0.467 e. The third-order valence-corrected chi connectivity index (χ3v) is 1.68. The summed E-state index contributed by atoms with van der Waals surface area (Å²) in [6.45, 7) is 0. The second kappa shape index (κ2) is 6.84. The lowest BCUT2D eigenvalue weighted by Crippen LogP contribution is -1.94. The summed E-state index contributed by atoms with van der Waals surface area (Å²) in [6.07, 6.45) is 3.09. The molecule has 0 bridgehead atoms. The molecule has 0 amide bonds. The van der Waals surface area contributed by atoms with Crippen LogP contribution >= 0.6 is 0 Å². The molecule has 0 unspecified atom stereocenters. The summed E-state index contributed by atoms with van der Waals surface area (Å²) in [5.74, 6) is 0.837. The topological polar surface area (TPSA) is 122 Å². The van der Waals surface area contributed by atoms with Crippen LogP contribution in [0.1, 0.15) is 0 Å². The van der Waals surface area contributed by atoms with Gasteiger partial charge in [-0.3, -0.25) is 0 Å². The zero-order chi connectivity index (χ0) is 13.4. The minimum absolute atomic E-state index is 0.301. The Morgan fingerprint density at radius 2 is 1.22 bits per heavy atom. The summed E-state index contributed by atoms with van der Waals surface area (Å²) in [5.41, 5.74) is 10.6. The summed E-state index contributed by atoms with van der Waals surface area (Å²) in [6, 6.07) is 3.80. The number of methoxy groups -OCH3 is 2. The summed E-state index contributed by atoms with van der Waals surface area (Å²) in [7, 11) is 2.99. The molecule has 0 saturated carbocycles. The normalized spacial score (nSPS) is 9.00. The molecule has 0 radical (unpaired) electrons. The van der Waals surface area contributed by atoms with E-state index in [2.05, 4.69) is 19.9 Å². The maximum atomic E-state index is 5.30. The summed E-state index contributed by atoms with van der Waals surface area (Å²) in [5, 5.41) is 0. The van der Waals surface area contributed by atoms with Gasteiger partial charge in [0.25, 0.3) is 0 Å². The van der Waals surface area contributed by atoms with Gasteiger partial charge in [-0.2, -0.15) is 9.97 Å². The van der Waals surface area contributed by atoms with E-state index >= 15 is 0 Å². The molecular weight excluding hydrogens is 236 g/mol. The molecular formula is C10H14N6O2. The van der Waals surface area contributed by atoms with Crippen molar-refractivity contribution in [2.24, 2.45) is 0 Å². The largest absolute Gasteiger partial charge is 0.467 e. The first-order chi connectivity index (χ1) is 8.65. The van der Waals surface area contributed by atoms with Crippen LogP contribution in [0.3, 0.4) is 0 Å². The van der Waals surface area contributed by atoms with Gasteiger partial charge in [0.2, 0.25) is 0 Å². The first-order valence-corrected chi connectivity index (χ1v) is 4.90. The van der Waals surface area contributed by atoms with Crippen LogP contribution in [0.25, 0.3) is 0 Å². The Hall–Kier alpha value is -2.64. The molecule has 0 aliphatic rings. The van der Waals surface area contributed by atoms with E-state index in [4.69, 9.17) is 20.9 Å². The Morgan fingerprint density at radius 1 is 0.833 bits per heavy atom. The van der Waals surface area contributed by atoms with Crippen LogP contribution in [-0.4, -0.2) is 34.2 Å². The number of nitrogens with two attached hydrogens (primary N) is 2. The highest BCUT2D eigenvalue weighted by atomic mass is 16.5. The molecule has 4 N–H and O–H groups in total. The van der Waals surface area contributed by atoms with E-state index in [-0.39, 0.29) is 0 Å². The molecule has 2 rings (SSSR count). The van der Waals surface area contributed by atoms with Gasteiger partial charge in [-0.15, -0.1) is 0 Å². The van der Waals surface area contributed by atoms with Gasteiger partial charge in [0.05, 0.1) is 14.2 Å². The summed E-state index contributed by atoms with van der Waals surface area (Å²) >= 11 is 0. The van der Waals surface area contributed by atoms with E-state index in [9.17, 15) is 0 Å². The van der Waals surface area contributed by atoms with Crippen molar-refractivity contribution >= 4 is 11.6 Å². The number of rotatable bonds is 2. The third kappa shape index (κ3) is 4.47. The highest BCUT2D eigenvalue weighted by Crippen LogP contribution is 2.01. The van der Waals surface area contributed by atoms with Crippen molar-refractivity contribution in [2.75, 3.05) is 25.7 Å². The highest BCUT2D eigenvalue weighted by molar-refractivity contribution is 5.26. The van der Waals surface area contributed by atoms with Crippen molar-refractivity contribution in [2.45, 2.75) is 0 Å². The van der Waals surface area contributed by atoms with Crippen LogP contribution in [0.2, 0.25) is 0 Å². The number of nitrogens with zero attached hydrogens (tertiary/aromatic N) is 4. The highest BCUT2D eigenvalue weighted by Gasteiger charge is 1.91. The molecule has 2 aromatic rings. The van der Waals surface area contributed by atoms with Crippen molar-refractivity contribution in [1.29, 1.82) is 0 Å². The van der Waals surface area contributed by atoms with Gasteiger partial charge < -0.3 is 20.9 Å². The predicted molar refractivity (Wildman–Crippen MR) is 66.0 cm³/mol. The first kappa shape index (κ1) is 13.4. The van der Waals surface area contributed by atoms with E-state index in [1.165, 1.54) is 14.2 Å². The van der Waals surface area contributed by atoms with Crippen LogP contribution in [-0.2, 0) is 0 Å². The number of hydrogen-bond acceptors (Lipinski definition) is 8. The quantitative estimate of drug-likeness (QED) is 0.771. The van der Waals surface area contributed by atoms with Crippen LogP contribution in [0.5, 0.6) is 12.0 Å². The summed E-state index contributed by atoms with van der Waals surface area (Å²) < 4.78 is 9.39. The zero-order valence-electron chi connectivity index (χ0n) is 10.1. The van der Waals surface area contributed by atoms with Gasteiger partial charge in [-0.1, -0.05) is 0 Å². The number of nitrogen functional groups attached to an aromatic ring is 2. The molecule has 8 heteroatoms. The van der Waals surface area contributed by atoms with Crippen molar-refractivity contribution in [3.8, 4) is 12.0 Å². The number of ether oxygens (including phenoxy) is 2. The Balaban J connectivity index is 0.000000180. The van der Waals surface area contributed by atoms with E-state index in [1.54, 1.807) is 24.5 Å². The van der Waals surface area contributed by atoms with Gasteiger partial charge in [0.1, 0.15) is 11.6 Å². The Kier molecular flexibility index (Phi) is 5.10. The molecule has 0 aromatic carbocycles. The number of hydrogen-bond donors (Lipinski definition) is 2. The van der Waals surface area contributed by atoms with Crippen molar-refractivity contribution in [3.63, 3.8) is 0 Å². The molecule has 0 fully saturated rings. The molecule has 2 heterocycles. The van der Waals surface area contributed by atoms with Crippen LogP contribution in [0.4, 0.5) is 11.6 Å². The van der Waals surface area contributed by atoms with E-state index in [0.29, 0.717) is 23.7 Å². The minimum atomic E-state index is 0.301. The Labute approximate surface area is 104 Å². The fourth-order valence-electron chi connectivity index (χ4n) is 0.905. The fraction of sp³-hybridized carbons (Fsp3) is 0.200. The first-order valence-electron chi connectivity index (χ1n) is 4.90. The molecule has 8 nitrogen and oxygen atoms in total. The van der Waals surface area contributed by atoms with Crippen molar-refractivity contribution < 1.29 is 9.47 Å². The lowest BCUT2D eigenvalue weighted by Gasteiger charge is -1.94. The lowest BCUT2D eigenvalue weighted by molar-refractivity contribution is 0.380. The molecule has 2 aromatic heterocycles. The average molecular weight is 250 g/mol. The van der Waals surface area contributed by atoms with Crippen molar-refractivity contribution in [1.82, 2.24) is 19.9 Å².